The average molecular weight is 292 g/mol. The summed E-state index contributed by atoms with van der Waals surface area (Å²) in [5.41, 5.74) is 1.48. The first-order valence-corrected chi connectivity index (χ1v) is 6.39. The van der Waals surface area contributed by atoms with Crippen molar-refractivity contribution in [2.75, 3.05) is 13.6 Å². The molecule has 0 spiro atoms. The average Bonchev–Trinajstić information content (AvgIpc) is 2.35. The van der Waals surface area contributed by atoms with E-state index in [1.165, 1.54) is 29.2 Å². The van der Waals surface area contributed by atoms with Gasteiger partial charge in [-0.1, -0.05) is 0 Å². The predicted octanol–water partition coefficient (Wildman–Crippen LogP) is 2.72. The molecule has 1 aromatic carbocycles. The molecule has 0 aliphatic carbocycles. The Morgan fingerprint density at radius 3 is 2.32 bits per heavy atom. The molecule has 0 fully saturated rings. The Labute approximate surface area is 114 Å². The van der Waals surface area contributed by atoms with Gasteiger partial charge in [-0.05, 0) is 43.0 Å². The quantitative estimate of drug-likeness (QED) is 0.868. The highest BCUT2D eigenvalue weighted by molar-refractivity contribution is 8.00. The molecule has 0 radical (unpaired) electrons. The molecule has 1 rings (SSSR count). The van der Waals surface area contributed by atoms with Gasteiger partial charge in [-0.2, -0.15) is 13.2 Å². The molecular weight excluding hydrogens is 277 g/mol. The molecule has 0 aliphatic heterocycles. The Hall–Kier alpha value is -1.21. The molecule has 0 bridgehead atoms. The minimum atomic E-state index is -4.32. The SMILES string of the molecule is CC(CN)N(C)C(=O)c1ccc(SC(F)(F)F)cc1. The first kappa shape index (κ1) is 15.8. The number of benzene rings is 1. The van der Waals surface area contributed by atoms with Crippen molar-refractivity contribution in [2.24, 2.45) is 5.73 Å². The maximum atomic E-state index is 12.2. The number of rotatable bonds is 4. The maximum absolute atomic E-state index is 12.2. The Morgan fingerprint density at radius 1 is 1.37 bits per heavy atom. The highest BCUT2D eigenvalue weighted by atomic mass is 32.2. The van der Waals surface area contributed by atoms with Crippen LogP contribution < -0.4 is 5.73 Å². The molecule has 106 valence electrons. The van der Waals surface area contributed by atoms with Gasteiger partial charge >= 0.3 is 5.51 Å². The van der Waals surface area contributed by atoms with Gasteiger partial charge in [0.1, 0.15) is 0 Å². The number of likely N-dealkylation sites (N-methyl/N-ethyl adjacent to an activating group) is 1. The highest BCUT2D eigenvalue weighted by Crippen LogP contribution is 2.36. The number of alkyl halides is 3. The fraction of sp³-hybridized carbons (Fsp3) is 0.417. The Bertz CT molecular complexity index is 434. The number of hydrogen-bond donors (Lipinski definition) is 1. The molecule has 1 amide bonds. The van der Waals surface area contributed by atoms with Crippen LogP contribution in [0.2, 0.25) is 0 Å². The monoisotopic (exact) mass is 292 g/mol. The summed E-state index contributed by atoms with van der Waals surface area (Å²) in [7, 11) is 1.61. The predicted molar refractivity (Wildman–Crippen MR) is 69.0 cm³/mol. The van der Waals surface area contributed by atoms with Gasteiger partial charge in [0.2, 0.25) is 0 Å². The number of amides is 1. The molecule has 0 saturated heterocycles. The molecule has 1 atom stereocenters. The van der Waals surface area contributed by atoms with Crippen molar-refractivity contribution in [1.82, 2.24) is 4.90 Å². The summed E-state index contributed by atoms with van der Waals surface area (Å²) >= 11 is -0.205. The lowest BCUT2D eigenvalue weighted by Gasteiger charge is -2.23. The first-order valence-electron chi connectivity index (χ1n) is 5.57. The number of carbonyl (C=O) groups excluding carboxylic acids is 1. The van der Waals surface area contributed by atoms with E-state index in [9.17, 15) is 18.0 Å². The van der Waals surface area contributed by atoms with Crippen LogP contribution in [-0.4, -0.2) is 35.9 Å². The van der Waals surface area contributed by atoms with Gasteiger partial charge in [-0.15, -0.1) is 0 Å². The van der Waals surface area contributed by atoms with E-state index >= 15 is 0 Å². The van der Waals surface area contributed by atoms with Crippen LogP contribution in [0.5, 0.6) is 0 Å². The lowest BCUT2D eigenvalue weighted by Crippen LogP contribution is -2.39. The van der Waals surface area contributed by atoms with Crippen LogP contribution in [0.25, 0.3) is 0 Å². The lowest BCUT2D eigenvalue weighted by atomic mass is 10.2. The summed E-state index contributed by atoms with van der Waals surface area (Å²) in [6.45, 7) is 2.12. The van der Waals surface area contributed by atoms with E-state index in [4.69, 9.17) is 5.73 Å². The molecule has 0 aromatic heterocycles. The van der Waals surface area contributed by atoms with Gasteiger partial charge in [-0.3, -0.25) is 4.79 Å². The van der Waals surface area contributed by atoms with Gasteiger partial charge in [0, 0.05) is 30.1 Å². The molecule has 2 N–H and O–H groups in total. The van der Waals surface area contributed by atoms with Crippen LogP contribution in [0.3, 0.4) is 0 Å². The molecule has 1 unspecified atom stereocenters. The minimum absolute atomic E-state index is 0.0542. The number of carbonyl (C=O) groups is 1. The summed E-state index contributed by atoms with van der Waals surface area (Å²) in [4.78, 5) is 13.5. The third-order valence-corrected chi connectivity index (χ3v) is 3.40. The fourth-order valence-electron chi connectivity index (χ4n) is 1.36. The van der Waals surface area contributed by atoms with E-state index in [1.54, 1.807) is 14.0 Å². The number of nitrogens with two attached hydrogens (primary N) is 1. The molecule has 19 heavy (non-hydrogen) atoms. The highest BCUT2D eigenvalue weighted by Gasteiger charge is 2.29. The van der Waals surface area contributed by atoms with E-state index in [1.807, 2.05) is 0 Å². The van der Waals surface area contributed by atoms with Crippen LogP contribution in [0.15, 0.2) is 29.2 Å². The summed E-state index contributed by atoms with van der Waals surface area (Å²) < 4.78 is 36.5. The van der Waals surface area contributed by atoms with Crippen molar-refractivity contribution >= 4 is 17.7 Å². The smallest absolute Gasteiger partial charge is 0.338 e. The Morgan fingerprint density at radius 2 is 1.89 bits per heavy atom. The van der Waals surface area contributed by atoms with Crippen LogP contribution in [0, 0.1) is 0 Å². The Kier molecular flexibility index (Phi) is 5.25. The fourth-order valence-corrected chi connectivity index (χ4v) is 1.90. The normalized spacial score (nSPS) is 13.2. The number of hydrogen-bond acceptors (Lipinski definition) is 3. The maximum Gasteiger partial charge on any atom is 0.446 e. The lowest BCUT2D eigenvalue weighted by molar-refractivity contribution is -0.0328. The van der Waals surface area contributed by atoms with Crippen molar-refractivity contribution in [1.29, 1.82) is 0 Å². The summed E-state index contributed by atoms with van der Waals surface area (Å²) in [6, 6.07) is 5.21. The molecular formula is C12H15F3N2OS. The van der Waals surface area contributed by atoms with E-state index in [0.29, 0.717) is 12.1 Å². The summed E-state index contributed by atoms with van der Waals surface area (Å²) in [5.74, 6) is -0.262. The van der Waals surface area contributed by atoms with Crippen LogP contribution in [0.4, 0.5) is 13.2 Å². The topological polar surface area (TPSA) is 46.3 Å². The second kappa shape index (κ2) is 6.29. The zero-order valence-corrected chi connectivity index (χ0v) is 11.4. The standard InChI is InChI=1S/C12H15F3N2OS/c1-8(7-16)17(2)11(18)9-3-5-10(6-4-9)19-12(13,14)15/h3-6,8H,7,16H2,1-2H3. The van der Waals surface area contributed by atoms with Crippen LogP contribution >= 0.6 is 11.8 Å². The van der Waals surface area contributed by atoms with Gasteiger partial charge in [0.05, 0.1) is 0 Å². The molecule has 7 heteroatoms. The molecule has 0 heterocycles. The van der Waals surface area contributed by atoms with Crippen molar-refractivity contribution in [3.8, 4) is 0 Å². The minimum Gasteiger partial charge on any atom is -0.338 e. The largest absolute Gasteiger partial charge is 0.446 e. The zero-order chi connectivity index (χ0) is 14.6. The zero-order valence-electron chi connectivity index (χ0n) is 10.6. The first-order chi connectivity index (χ1) is 8.74. The van der Waals surface area contributed by atoms with E-state index in [-0.39, 0.29) is 28.6 Å². The second-order valence-corrected chi connectivity index (χ2v) is 5.21. The summed E-state index contributed by atoms with van der Waals surface area (Å²) in [5, 5.41) is 0. The van der Waals surface area contributed by atoms with Crippen molar-refractivity contribution in [2.45, 2.75) is 23.4 Å². The van der Waals surface area contributed by atoms with Crippen LogP contribution in [0.1, 0.15) is 17.3 Å². The molecule has 0 saturated carbocycles. The number of halogens is 3. The van der Waals surface area contributed by atoms with E-state index in [0.717, 1.165) is 0 Å². The van der Waals surface area contributed by atoms with Crippen molar-refractivity contribution < 1.29 is 18.0 Å². The van der Waals surface area contributed by atoms with Gasteiger partial charge in [0.15, 0.2) is 0 Å². The number of thioether (sulfide) groups is 1. The van der Waals surface area contributed by atoms with Gasteiger partial charge < -0.3 is 10.6 Å². The molecule has 0 aliphatic rings. The summed E-state index contributed by atoms with van der Waals surface area (Å²) in [6.07, 6.45) is 0. The third-order valence-electron chi connectivity index (χ3n) is 2.66. The third kappa shape index (κ3) is 4.76. The van der Waals surface area contributed by atoms with Crippen molar-refractivity contribution in [3.63, 3.8) is 0 Å². The Balaban J connectivity index is 2.79. The molecule has 1 aromatic rings. The van der Waals surface area contributed by atoms with Crippen molar-refractivity contribution in [3.05, 3.63) is 29.8 Å². The van der Waals surface area contributed by atoms with Crippen LogP contribution in [-0.2, 0) is 0 Å². The number of nitrogens with zero attached hydrogens (tertiary/aromatic N) is 1. The van der Waals surface area contributed by atoms with E-state index in [2.05, 4.69) is 0 Å². The van der Waals surface area contributed by atoms with Gasteiger partial charge in [0.25, 0.3) is 5.91 Å². The second-order valence-electron chi connectivity index (χ2n) is 4.07. The van der Waals surface area contributed by atoms with E-state index < -0.39 is 5.51 Å². The van der Waals surface area contributed by atoms with Gasteiger partial charge in [-0.25, -0.2) is 0 Å². The molecule has 3 nitrogen and oxygen atoms in total.